The van der Waals surface area contributed by atoms with Crippen molar-refractivity contribution in [3.63, 3.8) is 0 Å². The van der Waals surface area contributed by atoms with Crippen LogP contribution in [0.2, 0.25) is 0 Å². The number of aromatic nitrogens is 4. The fourth-order valence-corrected chi connectivity index (χ4v) is 4.04. The Hall–Kier alpha value is -4.53. The Morgan fingerprint density at radius 2 is 1.57 bits per heavy atom. The Kier molecular flexibility index (Phi) is 8.25. The molecule has 9 nitrogen and oxygen atoms in total. The van der Waals surface area contributed by atoms with Crippen molar-refractivity contribution >= 4 is 23.2 Å². The van der Waals surface area contributed by atoms with Crippen LogP contribution in [0.5, 0.6) is 0 Å². The SMILES string of the molecule is Cc1cc(C)c(NC(=O)CNC(=O)CNc2ccc(CCn3nnc(-c4ccccc4)n3)cc2)c(C)c1. The van der Waals surface area contributed by atoms with Gasteiger partial charge in [-0.15, -0.1) is 10.2 Å². The molecule has 3 aromatic carbocycles. The lowest BCUT2D eigenvalue weighted by atomic mass is 10.1. The molecule has 0 bridgehead atoms. The van der Waals surface area contributed by atoms with Gasteiger partial charge < -0.3 is 16.0 Å². The molecule has 0 unspecified atom stereocenters. The monoisotopic (exact) mass is 497 g/mol. The molecular weight excluding hydrogens is 466 g/mol. The largest absolute Gasteiger partial charge is 0.376 e. The summed E-state index contributed by atoms with van der Waals surface area (Å²) >= 11 is 0. The van der Waals surface area contributed by atoms with E-state index in [-0.39, 0.29) is 24.9 Å². The lowest BCUT2D eigenvalue weighted by Gasteiger charge is -2.13. The number of nitrogens with zero attached hydrogens (tertiary/aromatic N) is 4. The van der Waals surface area contributed by atoms with Crippen molar-refractivity contribution < 1.29 is 9.59 Å². The summed E-state index contributed by atoms with van der Waals surface area (Å²) in [6, 6.07) is 21.6. The van der Waals surface area contributed by atoms with Crippen LogP contribution in [0.1, 0.15) is 22.3 Å². The third-order valence-corrected chi connectivity index (χ3v) is 5.88. The lowest BCUT2D eigenvalue weighted by Crippen LogP contribution is -2.36. The highest BCUT2D eigenvalue weighted by Crippen LogP contribution is 2.21. The van der Waals surface area contributed by atoms with Gasteiger partial charge in [-0.2, -0.15) is 4.80 Å². The van der Waals surface area contributed by atoms with E-state index in [4.69, 9.17) is 0 Å². The third kappa shape index (κ3) is 7.23. The van der Waals surface area contributed by atoms with Gasteiger partial charge >= 0.3 is 0 Å². The number of hydrogen-bond acceptors (Lipinski definition) is 6. The Morgan fingerprint density at radius 1 is 0.865 bits per heavy atom. The Labute approximate surface area is 216 Å². The third-order valence-electron chi connectivity index (χ3n) is 5.88. The topological polar surface area (TPSA) is 114 Å². The first kappa shape index (κ1) is 25.6. The summed E-state index contributed by atoms with van der Waals surface area (Å²) in [4.78, 5) is 26.1. The molecule has 1 heterocycles. The van der Waals surface area contributed by atoms with Gasteiger partial charge in [0.1, 0.15) is 0 Å². The highest BCUT2D eigenvalue weighted by atomic mass is 16.2. The van der Waals surface area contributed by atoms with Gasteiger partial charge in [-0.25, -0.2) is 0 Å². The summed E-state index contributed by atoms with van der Waals surface area (Å²) in [7, 11) is 0. The lowest BCUT2D eigenvalue weighted by molar-refractivity contribution is -0.122. The van der Waals surface area contributed by atoms with Crippen molar-refractivity contribution in [1.82, 2.24) is 25.5 Å². The standard InChI is InChI=1S/C28H31N7O2/c1-19-15-20(2)27(21(3)16-19)31-26(37)18-30-25(36)17-29-24-11-9-22(10-12-24)13-14-35-33-28(32-34-35)23-7-5-4-6-8-23/h4-12,15-16,29H,13-14,17-18H2,1-3H3,(H,30,36)(H,31,37). The number of anilines is 2. The maximum atomic E-state index is 12.3. The first-order valence-electron chi connectivity index (χ1n) is 12.2. The van der Waals surface area contributed by atoms with Crippen LogP contribution in [-0.2, 0) is 22.6 Å². The summed E-state index contributed by atoms with van der Waals surface area (Å²) in [5, 5.41) is 21.3. The van der Waals surface area contributed by atoms with Gasteiger partial charge in [-0.1, -0.05) is 60.2 Å². The smallest absolute Gasteiger partial charge is 0.243 e. The van der Waals surface area contributed by atoms with Crippen molar-refractivity contribution in [3.05, 3.63) is 89.0 Å². The molecule has 190 valence electrons. The zero-order valence-electron chi connectivity index (χ0n) is 21.3. The van der Waals surface area contributed by atoms with Crippen LogP contribution in [0.15, 0.2) is 66.7 Å². The Bertz CT molecular complexity index is 1340. The molecule has 0 atom stereocenters. The van der Waals surface area contributed by atoms with Crippen molar-refractivity contribution in [3.8, 4) is 11.4 Å². The first-order chi connectivity index (χ1) is 17.9. The molecule has 4 rings (SSSR count). The molecule has 0 radical (unpaired) electrons. The minimum atomic E-state index is -0.261. The molecular formula is C28H31N7O2. The van der Waals surface area contributed by atoms with E-state index in [1.807, 2.05) is 87.5 Å². The molecule has 0 aliphatic heterocycles. The fourth-order valence-electron chi connectivity index (χ4n) is 4.04. The molecule has 3 N–H and O–H groups in total. The summed E-state index contributed by atoms with van der Waals surface area (Å²) in [6.45, 7) is 6.52. The highest BCUT2D eigenvalue weighted by Gasteiger charge is 2.10. The van der Waals surface area contributed by atoms with E-state index in [0.29, 0.717) is 12.4 Å². The van der Waals surface area contributed by atoms with E-state index >= 15 is 0 Å². The predicted molar refractivity (Wildman–Crippen MR) is 144 cm³/mol. The second kappa shape index (κ2) is 11.9. The van der Waals surface area contributed by atoms with Gasteiger partial charge in [0.15, 0.2) is 0 Å². The minimum absolute atomic E-state index is 0.0698. The van der Waals surface area contributed by atoms with Crippen LogP contribution < -0.4 is 16.0 Å². The molecule has 1 aromatic heterocycles. The number of aryl methyl sites for hydroxylation is 5. The van der Waals surface area contributed by atoms with Gasteiger partial charge in [-0.05, 0) is 61.2 Å². The quantitative estimate of drug-likeness (QED) is 0.308. The maximum Gasteiger partial charge on any atom is 0.243 e. The van der Waals surface area contributed by atoms with Crippen LogP contribution in [0, 0.1) is 20.8 Å². The molecule has 37 heavy (non-hydrogen) atoms. The number of carbonyl (C=O) groups is 2. The van der Waals surface area contributed by atoms with E-state index in [9.17, 15) is 9.59 Å². The van der Waals surface area contributed by atoms with E-state index in [1.54, 1.807) is 4.80 Å². The zero-order valence-corrected chi connectivity index (χ0v) is 21.3. The average Bonchev–Trinajstić information content (AvgIpc) is 3.37. The molecule has 2 amide bonds. The molecule has 0 spiro atoms. The van der Waals surface area contributed by atoms with Crippen LogP contribution >= 0.6 is 0 Å². The van der Waals surface area contributed by atoms with Crippen molar-refractivity contribution in [2.24, 2.45) is 0 Å². The number of hydrogen-bond donors (Lipinski definition) is 3. The summed E-state index contributed by atoms with van der Waals surface area (Å²) < 4.78 is 0. The normalized spacial score (nSPS) is 10.7. The fraction of sp³-hybridized carbons (Fsp3) is 0.250. The van der Waals surface area contributed by atoms with Gasteiger partial charge in [0.05, 0.1) is 19.6 Å². The van der Waals surface area contributed by atoms with Crippen LogP contribution in [0.25, 0.3) is 11.4 Å². The summed E-state index contributed by atoms with van der Waals surface area (Å²) in [5.74, 6) is 0.0878. The van der Waals surface area contributed by atoms with E-state index in [1.165, 1.54) is 0 Å². The Morgan fingerprint density at radius 3 is 2.27 bits per heavy atom. The summed E-state index contributed by atoms with van der Waals surface area (Å²) in [6.07, 6.45) is 0.750. The van der Waals surface area contributed by atoms with Gasteiger partial charge in [0.25, 0.3) is 0 Å². The van der Waals surface area contributed by atoms with Crippen LogP contribution in [0.4, 0.5) is 11.4 Å². The van der Waals surface area contributed by atoms with Gasteiger partial charge in [0.2, 0.25) is 17.6 Å². The molecule has 0 saturated heterocycles. The number of rotatable bonds is 10. The molecule has 0 saturated carbocycles. The first-order valence-corrected chi connectivity index (χ1v) is 12.2. The Balaban J connectivity index is 1.18. The number of tetrazole rings is 1. The van der Waals surface area contributed by atoms with E-state index in [0.717, 1.165) is 45.6 Å². The number of amides is 2. The zero-order chi connectivity index (χ0) is 26.2. The van der Waals surface area contributed by atoms with Crippen molar-refractivity contribution in [2.45, 2.75) is 33.7 Å². The van der Waals surface area contributed by atoms with Crippen molar-refractivity contribution in [2.75, 3.05) is 23.7 Å². The van der Waals surface area contributed by atoms with Crippen LogP contribution in [0.3, 0.4) is 0 Å². The second-order valence-corrected chi connectivity index (χ2v) is 8.97. The van der Waals surface area contributed by atoms with Crippen molar-refractivity contribution in [1.29, 1.82) is 0 Å². The number of nitrogens with one attached hydrogen (secondary N) is 3. The predicted octanol–water partition coefficient (Wildman–Crippen LogP) is 3.67. The molecule has 4 aromatic rings. The molecule has 0 aliphatic rings. The molecule has 0 aliphatic carbocycles. The average molecular weight is 498 g/mol. The molecule has 9 heteroatoms. The second-order valence-electron chi connectivity index (χ2n) is 8.97. The highest BCUT2D eigenvalue weighted by molar-refractivity contribution is 5.96. The number of benzene rings is 3. The van der Waals surface area contributed by atoms with Gasteiger partial charge in [-0.3, -0.25) is 9.59 Å². The van der Waals surface area contributed by atoms with Crippen LogP contribution in [-0.4, -0.2) is 45.1 Å². The molecule has 0 fully saturated rings. The van der Waals surface area contributed by atoms with Gasteiger partial charge in [0, 0.05) is 16.9 Å². The minimum Gasteiger partial charge on any atom is -0.376 e. The number of carbonyl (C=O) groups excluding carboxylic acids is 2. The maximum absolute atomic E-state index is 12.3. The van der Waals surface area contributed by atoms with E-state index in [2.05, 4.69) is 31.4 Å². The van der Waals surface area contributed by atoms with E-state index < -0.39 is 0 Å². The summed E-state index contributed by atoms with van der Waals surface area (Å²) in [5.41, 5.74) is 6.80.